The number of carbonyl (C=O) groups excluding carboxylic acids is 1. The summed E-state index contributed by atoms with van der Waals surface area (Å²) in [6.07, 6.45) is 2.28. The van der Waals surface area contributed by atoms with Crippen LogP contribution in [0.5, 0.6) is 0 Å². The lowest BCUT2D eigenvalue weighted by molar-refractivity contribution is -0.146. The van der Waals surface area contributed by atoms with Crippen molar-refractivity contribution in [3.05, 3.63) is 34.1 Å². The summed E-state index contributed by atoms with van der Waals surface area (Å²) >= 11 is 3.19. The van der Waals surface area contributed by atoms with Crippen LogP contribution in [0.2, 0.25) is 0 Å². The quantitative estimate of drug-likeness (QED) is 0.871. The number of benzene rings is 1. The Morgan fingerprint density at radius 2 is 2.00 bits per heavy atom. The first-order chi connectivity index (χ1) is 9.84. The van der Waals surface area contributed by atoms with Gasteiger partial charge in [-0.3, -0.25) is 4.79 Å². The Bertz CT molecular complexity index is 568. The van der Waals surface area contributed by atoms with Gasteiger partial charge in [0.1, 0.15) is 11.4 Å². The van der Waals surface area contributed by atoms with Gasteiger partial charge < -0.3 is 10.4 Å². The summed E-state index contributed by atoms with van der Waals surface area (Å²) < 4.78 is 13.7. The Kier molecular flexibility index (Phi) is 4.66. The third-order valence-electron chi connectivity index (χ3n) is 4.06. The molecule has 1 fully saturated rings. The molecule has 0 unspecified atom stereocenters. The highest BCUT2D eigenvalue weighted by Gasteiger charge is 2.42. The molecule has 114 valence electrons. The molecule has 4 nitrogen and oxygen atoms in total. The minimum absolute atomic E-state index is 0.106. The fourth-order valence-corrected chi connectivity index (χ4v) is 3.03. The molecule has 2 N–H and O–H groups in total. The van der Waals surface area contributed by atoms with Crippen molar-refractivity contribution in [2.24, 2.45) is 5.92 Å². The highest BCUT2D eigenvalue weighted by atomic mass is 79.9. The van der Waals surface area contributed by atoms with E-state index in [2.05, 4.69) is 28.2 Å². The summed E-state index contributed by atoms with van der Waals surface area (Å²) in [5.41, 5.74) is -1.15. The lowest BCUT2D eigenvalue weighted by atomic mass is 9.77. The Labute approximate surface area is 130 Å². The molecule has 0 atom stereocenters. The zero-order valence-corrected chi connectivity index (χ0v) is 13.2. The number of hydrogen-bond acceptors (Lipinski definition) is 2. The lowest BCUT2D eigenvalue weighted by Gasteiger charge is -2.36. The molecule has 1 aliphatic carbocycles. The maximum absolute atomic E-state index is 13.3. The van der Waals surface area contributed by atoms with E-state index >= 15 is 0 Å². The second-order valence-corrected chi connectivity index (χ2v) is 6.50. The molecule has 1 aliphatic rings. The van der Waals surface area contributed by atoms with Crippen molar-refractivity contribution in [1.29, 1.82) is 0 Å². The van der Waals surface area contributed by atoms with E-state index in [1.807, 2.05) is 0 Å². The van der Waals surface area contributed by atoms with Crippen molar-refractivity contribution in [1.82, 2.24) is 5.32 Å². The van der Waals surface area contributed by atoms with Crippen LogP contribution in [-0.4, -0.2) is 22.5 Å². The van der Waals surface area contributed by atoms with Gasteiger partial charge in [0.05, 0.1) is 5.56 Å². The maximum Gasteiger partial charge on any atom is 0.329 e. The second-order valence-electron chi connectivity index (χ2n) is 5.65. The Morgan fingerprint density at radius 3 is 2.57 bits per heavy atom. The van der Waals surface area contributed by atoms with Crippen molar-refractivity contribution in [2.75, 3.05) is 0 Å². The van der Waals surface area contributed by atoms with Gasteiger partial charge in [0.15, 0.2) is 0 Å². The Hall–Kier alpha value is -1.43. The van der Waals surface area contributed by atoms with Crippen LogP contribution >= 0.6 is 15.9 Å². The molecule has 0 aliphatic heterocycles. The van der Waals surface area contributed by atoms with Crippen LogP contribution in [0.4, 0.5) is 4.39 Å². The average molecular weight is 358 g/mol. The maximum atomic E-state index is 13.3. The summed E-state index contributed by atoms with van der Waals surface area (Å²) in [7, 11) is 0. The molecular formula is C15H17BrFNO3. The normalized spacial score (nSPS) is 25.4. The number of rotatable bonds is 3. The number of carboxylic acids is 1. The first-order valence-corrected chi connectivity index (χ1v) is 7.64. The number of aliphatic carboxylic acids is 1. The van der Waals surface area contributed by atoms with E-state index in [4.69, 9.17) is 0 Å². The molecule has 0 aromatic heterocycles. The van der Waals surface area contributed by atoms with E-state index < -0.39 is 23.2 Å². The van der Waals surface area contributed by atoms with Gasteiger partial charge in [0, 0.05) is 4.47 Å². The molecule has 2 rings (SSSR count). The predicted octanol–water partition coefficient (Wildman–Crippen LogP) is 3.35. The standard InChI is InChI=1S/C15H17BrFNO3/c1-9-4-6-15(7-5-9,14(20)21)18-13(19)11-8-10(17)2-3-12(11)16/h2-3,8-9H,4-7H2,1H3,(H,18,19)(H,20,21). The van der Waals surface area contributed by atoms with Crippen LogP contribution in [0.15, 0.2) is 22.7 Å². The smallest absolute Gasteiger partial charge is 0.329 e. The van der Waals surface area contributed by atoms with Crippen LogP contribution in [0.3, 0.4) is 0 Å². The van der Waals surface area contributed by atoms with Crippen molar-refractivity contribution in [2.45, 2.75) is 38.1 Å². The molecule has 21 heavy (non-hydrogen) atoms. The van der Waals surface area contributed by atoms with E-state index in [1.165, 1.54) is 12.1 Å². The number of amides is 1. The number of nitrogens with one attached hydrogen (secondary N) is 1. The van der Waals surface area contributed by atoms with Crippen LogP contribution in [0, 0.1) is 11.7 Å². The molecule has 1 aromatic carbocycles. The molecule has 0 saturated heterocycles. The first-order valence-electron chi connectivity index (χ1n) is 6.85. The second kappa shape index (κ2) is 6.13. The van der Waals surface area contributed by atoms with Crippen molar-refractivity contribution in [3.63, 3.8) is 0 Å². The first kappa shape index (κ1) is 15.9. The summed E-state index contributed by atoms with van der Waals surface area (Å²) in [5.74, 6) is -1.69. The summed E-state index contributed by atoms with van der Waals surface area (Å²) in [6, 6.07) is 3.76. The zero-order chi connectivity index (χ0) is 15.6. The van der Waals surface area contributed by atoms with Crippen LogP contribution in [0.1, 0.15) is 43.0 Å². The predicted molar refractivity (Wildman–Crippen MR) is 79.6 cm³/mol. The fourth-order valence-electron chi connectivity index (χ4n) is 2.60. The Balaban J connectivity index is 2.23. The summed E-state index contributed by atoms with van der Waals surface area (Å²) in [4.78, 5) is 23.9. The van der Waals surface area contributed by atoms with Gasteiger partial charge in [-0.25, -0.2) is 9.18 Å². The van der Waals surface area contributed by atoms with Crippen LogP contribution < -0.4 is 5.32 Å². The molecule has 6 heteroatoms. The number of carboxylic acid groups (broad SMARTS) is 1. The summed E-state index contributed by atoms with van der Waals surface area (Å²) in [5, 5.41) is 12.1. The van der Waals surface area contributed by atoms with E-state index in [9.17, 15) is 19.1 Å². The van der Waals surface area contributed by atoms with Gasteiger partial charge in [-0.1, -0.05) is 6.92 Å². The number of hydrogen-bond donors (Lipinski definition) is 2. The van der Waals surface area contributed by atoms with Gasteiger partial charge in [-0.2, -0.15) is 0 Å². The topological polar surface area (TPSA) is 66.4 Å². The molecule has 0 spiro atoms. The minimum Gasteiger partial charge on any atom is -0.480 e. The molecule has 0 radical (unpaired) electrons. The lowest BCUT2D eigenvalue weighted by Crippen LogP contribution is -2.56. The SMILES string of the molecule is CC1CCC(NC(=O)c2cc(F)ccc2Br)(C(=O)O)CC1. The molecule has 1 saturated carbocycles. The monoisotopic (exact) mass is 357 g/mol. The third kappa shape index (κ3) is 3.43. The zero-order valence-electron chi connectivity index (χ0n) is 11.7. The molecular weight excluding hydrogens is 341 g/mol. The molecule has 0 heterocycles. The van der Waals surface area contributed by atoms with Gasteiger partial charge in [-0.05, 0) is 65.7 Å². The molecule has 1 aromatic rings. The van der Waals surface area contributed by atoms with Gasteiger partial charge in [-0.15, -0.1) is 0 Å². The largest absolute Gasteiger partial charge is 0.480 e. The number of halogens is 2. The van der Waals surface area contributed by atoms with Crippen molar-refractivity contribution in [3.8, 4) is 0 Å². The fraction of sp³-hybridized carbons (Fsp3) is 0.467. The van der Waals surface area contributed by atoms with E-state index in [1.54, 1.807) is 0 Å². The minimum atomic E-state index is -1.25. The third-order valence-corrected chi connectivity index (χ3v) is 4.75. The van der Waals surface area contributed by atoms with E-state index in [0.717, 1.165) is 18.9 Å². The molecule has 1 amide bonds. The average Bonchev–Trinajstić information content (AvgIpc) is 2.44. The van der Waals surface area contributed by atoms with Gasteiger partial charge in [0.2, 0.25) is 0 Å². The molecule has 0 bridgehead atoms. The Morgan fingerprint density at radius 1 is 1.38 bits per heavy atom. The van der Waals surface area contributed by atoms with Crippen molar-refractivity contribution >= 4 is 27.8 Å². The summed E-state index contributed by atoms with van der Waals surface area (Å²) in [6.45, 7) is 2.07. The van der Waals surface area contributed by atoms with Gasteiger partial charge in [0.25, 0.3) is 5.91 Å². The van der Waals surface area contributed by atoms with Gasteiger partial charge >= 0.3 is 5.97 Å². The van der Waals surface area contributed by atoms with E-state index in [-0.39, 0.29) is 5.56 Å². The number of carbonyl (C=O) groups is 2. The highest BCUT2D eigenvalue weighted by molar-refractivity contribution is 9.10. The highest BCUT2D eigenvalue weighted by Crippen LogP contribution is 2.32. The van der Waals surface area contributed by atoms with E-state index in [0.29, 0.717) is 23.2 Å². The van der Waals surface area contributed by atoms with Crippen molar-refractivity contribution < 1.29 is 19.1 Å². The van der Waals surface area contributed by atoms with Crippen LogP contribution in [-0.2, 0) is 4.79 Å². The van der Waals surface area contributed by atoms with Crippen LogP contribution in [0.25, 0.3) is 0 Å².